The number of carbonyl (C=O) groups excluding carboxylic acids is 1. The highest BCUT2D eigenvalue weighted by Crippen LogP contribution is 2.26. The molecule has 0 aliphatic rings. The molecule has 0 radical (unpaired) electrons. The van der Waals surface area contributed by atoms with Crippen molar-refractivity contribution in [1.29, 1.82) is 0 Å². The van der Waals surface area contributed by atoms with E-state index >= 15 is 0 Å². The third-order valence-corrected chi connectivity index (χ3v) is 6.94. The molecule has 0 saturated carbocycles. The molecule has 190 valence electrons. The maximum Gasteiger partial charge on any atom is 0.259 e. The summed E-state index contributed by atoms with van der Waals surface area (Å²) in [4.78, 5) is 20.4. The fourth-order valence-corrected chi connectivity index (χ4v) is 4.86. The van der Waals surface area contributed by atoms with Crippen LogP contribution in [0.1, 0.15) is 21.5 Å². The third-order valence-electron chi connectivity index (χ3n) is 6.94. The van der Waals surface area contributed by atoms with Crippen LogP contribution in [-0.2, 0) is 13.0 Å². The average Bonchev–Trinajstić information content (AvgIpc) is 3.45. The number of hydrogen-bond acceptors (Lipinski definition) is 3. The van der Waals surface area contributed by atoms with E-state index in [4.69, 9.17) is 0 Å². The molecule has 0 fully saturated rings. The molecule has 39 heavy (non-hydrogen) atoms. The van der Waals surface area contributed by atoms with Crippen molar-refractivity contribution in [2.45, 2.75) is 13.0 Å². The summed E-state index contributed by atoms with van der Waals surface area (Å²) in [6.45, 7) is 1.11. The van der Waals surface area contributed by atoms with Gasteiger partial charge < -0.3 is 4.90 Å². The van der Waals surface area contributed by atoms with Gasteiger partial charge in [0.05, 0.1) is 11.9 Å². The Morgan fingerprint density at radius 1 is 0.667 bits per heavy atom. The number of nitrogens with zero attached hydrogens (tertiary/aromatic N) is 4. The van der Waals surface area contributed by atoms with Crippen LogP contribution in [-0.4, -0.2) is 31.9 Å². The molecule has 0 aliphatic carbocycles. The van der Waals surface area contributed by atoms with Crippen molar-refractivity contribution in [1.82, 2.24) is 19.5 Å². The van der Waals surface area contributed by atoms with Crippen LogP contribution in [0.2, 0.25) is 0 Å². The first kappa shape index (κ1) is 24.3. The fourth-order valence-electron chi connectivity index (χ4n) is 4.86. The molecule has 0 unspecified atom stereocenters. The number of benzene rings is 4. The van der Waals surface area contributed by atoms with E-state index in [9.17, 15) is 4.79 Å². The van der Waals surface area contributed by atoms with E-state index in [-0.39, 0.29) is 5.91 Å². The minimum atomic E-state index is -0.0751. The minimum Gasteiger partial charge on any atom is -0.334 e. The SMILES string of the molecule is O=C(c1cnn2c(-c3ccc(-c4ccccc4)cc3)ccnc12)N(CCc1ccccc1)Cc1ccccc1. The Bertz CT molecular complexity index is 1680. The highest BCUT2D eigenvalue weighted by molar-refractivity contribution is 6.00. The first-order valence-corrected chi connectivity index (χ1v) is 13.1. The van der Waals surface area contributed by atoms with Crippen molar-refractivity contribution >= 4 is 11.6 Å². The summed E-state index contributed by atoms with van der Waals surface area (Å²) < 4.78 is 1.77. The van der Waals surface area contributed by atoms with Crippen molar-refractivity contribution in [3.05, 3.63) is 150 Å². The zero-order valence-corrected chi connectivity index (χ0v) is 21.5. The number of fused-ring (bicyclic) bond motifs is 1. The summed E-state index contributed by atoms with van der Waals surface area (Å²) in [5.41, 5.74) is 7.56. The lowest BCUT2D eigenvalue weighted by Crippen LogP contribution is -2.32. The normalized spacial score (nSPS) is 11.0. The van der Waals surface area contributed by atoms with Crippen molar-refractivity contribution in [3.63, 3.8) is 0 Å². The van der Waals surface area contributed by atoms with Crippen LogP contribution in [0.5, 0.6) is 0 Å². The molecule has 0 saturated heterocycles. The van der Waals surface area contributed by atoms with Crippen LogP contribution in [0.15, 0.2) is 134 Å². The molecular formula is C34H28N4O. The van der Waals surface area contributed by atoms with E-state index in [0.29, 0.717) is 24.3 Å². The van der Waals surface area contributed by atoms with Crippen molar-refractivity contribution in [2.24, 2.45) is 0 Å². The van der Waals surface area contributed by atoms with Crippen LogP contribution in [0.4, 0.5) is 0 Å². The molecule has 0 bridgehead atoms. The maximum atomic E-state index is 13.9. The van der Waals surface area contributed by atoms with Gasteiger partial charge in [-0.15, -0.1) is 0 Å². The Morgan fingerprint density at radius 3 is 1.95 bits per heavy atom. The second-order valence-corrected chi connectivity index (χ2v) is 9.52. The molecule has 2 heterocycles. The van der Waals surface area contributed by atoms with Gasteiger partial charge in [-0.2, -0.15) is 5.10 Å². The smallest absolute Gasteiger partial charge is 0.259 e. The molecule has 6 rings (SSSR count). The third kappa shape index (κ3) is 5.34. The first-order chi connectivity index (χ1) is 19.3. The molecular weight excluding hydrogens is 480 g/mol. The van der Waals surface area contributed by atoms with Crippen LogP contribution in [0.25, 0.3) is 28.0 Å². The van der Waals surface area contributed by atoms with Gasteiger partial charge in [-0.3, -0.25) is 4.79 Å². The van der Waals surface area contributed by atoms with Gasteiger partial charge in [0.15, 0.2) is 5.65 Å². The molecule has 0 atom stereocenters. The predicted octanol–water partition coefficient (Wildman–Crippen LogP) is 6.95. The van der Waals surface area contributed by atoms with E-state index in [1.807, 2.05) is 77.7 Å². The van der Waals surface area contributed by atoms with Gasteiger partial charge in [0, 0.05) is 24.8 Å². The zero-order valence-electron chi connectivity index (χ0n) is 21.5. The Labute approximate surface area is 228 Å². The van der Waals surface area contributed by atoms with Crippen molar-refractivity contribution in [2.75, 3.05) is 6.54 Å². The first-order valence-electron chi connectivity index (χ1n) is 13.1. The number of carbonyl (C=O) groups is 1. The predicted molar refractivity (Wildman–Crippen MR) is 155 cm³/mol. The Balaban J connectivity index is 1.30. The second-order valence-electron chi connectivity index (χ2n) is 9.52. The van der Waals surface area contributed by atoms with Crippen molar-refractivity contribution in [3.8, 4) is 22.4 Å². The lowest BCUT2D eigenvalue weighted by Gasteiger charge is -2.22. The Morgan fingerprint density at radius 2 is 1.26 bits per heavy atom. The van der Waals surface area contributed by atoms with E-state index < -0.39 is 0 Å². The molecule has 0 aliphatic heterocycles. The van der Waals surface area contributed by atoms with E-state index in [1.54, 1.807) is 16.9 Å². The average molecular weight is 509 g/mol. The summed E-state index contributed by atoms with van der Waals surface area (Å²) in [5.74, 6) is -0.0751. The molecule has 1 amide bonds. The van der Waals surface area contributed by atoms with E-state index in [0.717, 1.165) is 28.8 Å². The molecule has 0 spiro atoms. The summed E-state index contributed by atoms with van der Waals surface area (Å²) in [6, 6.07) is 41.0. The van der Waals surface area contributed by atoms with Crippen LogP contribution in [0.3, 0.4) is 0 Å². The topological polar surface area (TPSA) is 50.5 Å². The zero-order chi connectivity index (χ0) is 26.4. The van der Waals surface area contributed by atoms with Crippen LogP contribution < -0.4 is 0 Å². The van der Waals surface area contributed by atoms with E-state index in [2.05, 4.69) is 58.6 Å². The molecule has 5 heteroatoms. The minimum absolute atomic E-state index is 0.0751. The maximum absolute atomic E-state index is 13.9. The monoisotopic (exact) mass is 508 g/mol. The highest BCUT2D eigenvalue weighted by Gasteiger charge is 2.22. The standard InChI is InChI=1S/C34H28N4O/c39-34(37(25-27-12-6-2-7-13-27)23-21-26-10-4-1-5-11-26)31-24-36-38-32(20-22-35-33(31)38)30-18-16-29(17-19-30)28-14-8-3-9-15-28/h1-20,22,24H,21,23,25H2. The second kappa shape index (κ2) is 11.2. The van der Waals surface area contributed by atoms with E-state index in [1.165, 1.54) is 11.1 Å². The summed E-state index contributed by atoms with van der Waals surface area (Å²) >= 11 is 0. The van der Waals surface area contributed by atoms with Gasteiger partial charge >= 0.3 is 0 Å². The molecule has 5 nitrogen and oxygen atoms in total. The van der Waals surface area contributed by atoms with Gasteiger partial charge in [-0.05, 0) is 34.7 Å². The summed E-state index contributed by atoms with van der Waals surface area (Å²) in [6.07, 6.45) is 4.16. The number of rotatable bonds is 8. The summed E-state index contributed by atoms with van der Waals surface area (Å²) in [5, 5.41) is 4.61. The van der Waals surface area contributed by atoms with Crippen LogP contribution >= 0.6 is 0 Å². The lowest BCUT2D eigenvalue weighted by molar-refractivity contribution is 0.0747. The highest BCUT2D eigenvalue weighted by atomic mass is 16.2. The fraction of sp³-hybridized carbons (Fsp3) is 0.0882. The van der Waals surface area contributed by atoms with Gasteiger partial charge in [-0.1, -0.05) is 115 Å². The largest absolute Gasteiger partial charge is 0.334 e. The molecule has 6 aromatic rings. The van der Waals surface area contributed by atoms with Gasteiger partial charge in [-0.25, -0.2) is 9.50 Å². The number of amides is 1. The van der Waals surface area contributed by atoms with Gasteiger partial charge in [0.25, 0.3) is 5.91 Å². The molecule has 2 aromatic heterocycles. The molecule has 0 N–H and O–H groups in total. The quantitative estimate of drug-likeness (QED) is 0.224. The van der Waals surface area contributed by atoms with Gasteiger partial charge in [0.1, 0.15) is 5.56 Å². The lowest BCUT2D eigenvalue weighted by atomic mass is 10.0. The summed E-state index contributed by atoms with van der Waals surface area (Å²) in [7, 11) is 0. The Kier molecular flexibility index (Phi) is 6.95. The Hall–Kier alpha value is -5.03. The number of hydrogen-bond donors (Lipinski definition) is 0. The number of aromatic nitrogens is 3. The van der Waals surface area contributed by atoms with Crippen molar-refractivity contribution < 1.29 is 4.79 Å². The van der Waals surface area contributed by atoms with Gasteiger partial charge in [0.2, 0.25) is 0 Å². The van der Waals surface area contributed by atoms with Crippen LogP contribution in [0, 0.1) is 0 Å². The molecule has 4 aromatic carbocycles.